The molecule has 0 aliphatic heterocycles. The number of pyridine rings is 1. The van der Waals surface area contributed by atoms with Crippen LogP contribution in [0.15, 0.2) is 41.9 Å². The van der Waals surface area contributed by atoms with Gasteiger partial charge in [-0.15, -0.1) is 11.3 Å². The molecule has 26 heavy (non-hydrogen) atoms. The second-order valence-electron chi connectivity index (χ2n) is 6.60. The topological polar surface area (TPSA) is 28.2 Å². The van der Waals surface area contributed by atoms with E-state index in [1.165, 1.54) is 16.9 Å². The molecule has 0 unspecified atom stereocenters. The van der Waals surface area contributed by atoms with Crippen molar-refractivity contribution in [2.75, 3.05) is 25.0 Å². The Morgan fingerprint density at radius 2 is 2.08 bits per heavy atom. The molecule has 0 bridgehead atoms. The standard InChI is InChI=1S/C21H26ClN3S/c1-3-11-25(15-21-16(2)8-13-26-21)12-4-9-23-19-7-10-24-20-14-17(22)5-6-18(19)20/h5-8,10,13-14H,3-4,9,11-12,15H2,1-2H3,(H,23,24). The molecule has 0 aliphatic rings. The van der Waals surface area contributed by atoms with E-state index in [9.17, 15) is 0 Å². The molecule has 1 N–H and O–H groups in total. The first-order chi connectivity index (χ1) is 12.7. The van der Waals surface area contributed by atoms with Crippen LogP contribution in [-0.2, 0) is 6.54 Å². The minimum absolute atomic E-state index is 0.723. The van der Waals surface area contributed by atoms with Crippen LogP contribution in [0.2, 0.25) is 5.02 Å². The summed E-state index contributed by atoms with van der Waals surface area (Å²) >= 11 is 7.93. The summed E-state index contributed by atoms with van der Waals surface area (Å²) < 4.78 is 0. The average Bonchev–Trinajstić information content (AvgIpc) is 3.03. The number of nitrogens with zero attached hydrogens (tertiary/aromatic N) is 2. The Kier molecular flexibility index (Phi) is 6.89. The van der Waals surface area contributed by atoms with E-state index in [0.29, 0.717) is 0 Å². The van der Waals surface area contributed by atoms with E-state index < -0.39 is 0 Å². The molecule has 5 heteroatoms. The molecule has 3 nitrogen and oxygen atoms in total. The minimum atomic E-state index is 0.723. The van der Waals surface area contributed by atoms with Crippen LogP contribution in [0.3, 0.4) is 0 Å². The van der Waals surface area contributed by atoms with Crippen molar-refractivity contribution in [2.24, 2.45) is 0 Å². The zero-order chi connectivity index (χ0) is 18.4. The number of thiophene rings is 1. The molecule has 0 amide bonds. The number of hydrogen-bond donors (Lipinski definition) is 1. The van der Waals surface area contributed by atoms with Crippen LogP contribution >= 0.6 is 22.9 Å². The molecule has 0 aliphatic carbocycles. The largest absolute Gasteiger partial charge is 0.384 e. The Morgan fingerprint density at radius 1 is 1.19 bits per heavy atom. The van der Waals surface area contributed by atoms with Crippen molar-refractivity contribution in [3.8, 4) is 0 Å². The lowest BCUT2D eigenvalue weighted by Crippen LogP contribution is -2.26. The molecule has 2 heterocycles. The molecule has 0 saturated carbocycles. The average molecular weight is 388 g/mol. The summed E-state index contributed by atoms with van der Waals surface area (Å²) in [5.74, 6) is 0. The Bertz CT molecular complexity index is 846. The molecule has 3 rings (SSSR count). The molecule has 2 aromatic heterocycles. The maximum atomic E-state index is 6.07. The van der Waals surface area contributed by atoms with Crippen molar-refractivity contribution in [1.82, 2.24) is 9.88 Å². The first-order valence-electron chi connectivity index (χ1n) is 9.21. The van der Waals surface area contributed by atoms with E-state index in [1.54, 1.807) is 0 Å². The van der Waals surface area contributed by atoms with Crippen LogP contribution in [0, 0.1) is 6.92 Å². The Balaban J connectivity index is 1.54. The molecule has 1 aromatic carbocycles. The third kappa shape index (κ3) is 4.97. The molecule has 0 fully saturated rings. The van der Waals surface area contributed by atoms with Gasteiger partial charge in [-0.25, -0.2) is 0 Å². The summed E-state index contributed by atoms with van der Waals surface area (Å²) in [4.78, 5) is 8.45. The molecule has 3 aromatic rings. The predicted molar refractivity (Wildman–Crippen MR) is 114 cm³/mol. The number of anilines is 1. The Labute approximate surface area is 165 Å². The second kappa shape index (κ2) is 9.36. The van der Waals surface area contributed by atoms with E-state index in [2.05, 4.69) is 40.5 Å². The smallest absolute Gasteiger partial charge is 0.0737 e. The molecule has 0 atom stereocenters. The summed E-state index contributed by atoms with van der Waals surface area (Å²) in [6.07, 6.45) is 4.14. The molecular formula is C21H26ClN3S. The van der Waals surface area contributed by atoms with Crippen molar-refractivity contribution in [3.05, 3.63) is 57.4 Å². The Morgan fingerprint density at radius 3 is 2.85 bits per heavy atom. The number of rotatable bonds is 9. The second-order valence-corrected chi connectivity index (χ2v) is 8.04. The molecule has 0 spiro atoms. The van der Waals surface area contributed by atoms with Gasteiger partial charge in [0.25, 0.3) is 0 Å². The van der Waals surface area contributed by atoms with E-state index in [-0.39, 0.29) is 0 Å². The van der Waals surface area contributed by atoms with Gasteiger partial charge in [0.05, 0.1) is 5.52 Å². The van der Waals surface area contributed by atoms with Crippen molar-refractivity contribution in [2.45, 2.75) is 33.2 Å². The lowest BCUT2D eigenvalue weighted by molar-refractivity contribution is 0.267. The van der Waals surface area contributed by atoms with Gasteiger partial charge in [0.1, 0.15) is 0 Å². The monoisotopic (exact) mass is 387 g/mol. The first-order valence-corrected chi connectivity index (χ1v) is 10.5. The third-order valence-corrected chi connectivity index (χ3v) is 5.79. The van der Waals surface area contributed by atoms with Crippen molar-refractivity contribution >= 4 is 39.5 Å². The maximum Gasteiger partial charge on any atom is 0.0737 e. The van der Waals surface area contributed by atoms with Gasteiger partial charge >= 0.3 is 0 Å². The van der Waals surface area contributed by atoms with E-state index >= 15 is 0 Å². The van der Waals surface area contributed by atoms with Gasteiger partial charge < -0.3 is 5.32 Å². The number of aromatic nitrogens is 1. The first kappa shape index (κ1) is 19.2. The number of nitrogens with one attached hydrogen (secondary N) is 1. The fourth-order valence-electron chi connectivity index (χ4n) is 3.16. The van der Waals surface area contributed by atoms with Gasteiger partial charge in [0.2, 0.25) is 0 Å². The fourth-order valence-corrected chi connectivity index (χ4v) is 4.27. The molecular weight excluding hydrogens is 362 g/mol. The number of benzene rings is 1. The van der Waals surface area contributed by atoms with Gasteiger partial charge in [0, 0.05) is 46.8 Å². The van der Waals surface area contributed by atoms with Crippen LogP contribution in [0.1, 0.15) is 30.2 Å². The van der Waals surface area contributed by atoms with Gasteiger partial charge in [-0.05, 0) is 67.6 Å². The summed E-state index contributed by atoms with van der Waals surface area (Å²) in [5, 5.41) is 7.60. The number of hydrogen-bond acceptors (Lipinski definition) is 4. The highest BCUT2D eigenvalue weighted by molar-refractivity contribution is 7.10. The van der Waals surface area contributed by atoms with E-state index in [4.69, 9.17) is 11.6 Å². The normalized spacial score (nSPS) is 11.4. The summed E-state index contributed by atoms with van der Waals surface area (Å²) in [6.45, 7) is 8.72. The zero-order valence-electron chi connectivity index (χ0n) is 15.5. The SMILES string of the molecule is CCCN(CCCNc1ccnc2cc(Cl)ccc12)Cc1sccc1C. The highest BCUT2D eigenvalue weighted by atomic mass is 35.5. The maximum absolute atomic E-state index is 6.07. The fraction of sp³-hybridized carbons (Fsp3) is 0.381. The molecule has 138 valence electrons. The van der Waals surface area contributed by atoms with Crippen LogP contribution < -0.4 is 5.32 Å². The number of halogens is 1. The highest BCUT2D eigenvalue weighted by Gasteiger charge is 2.08. The lowest BCUT2D eigenvalue weighted by atomic mass is 10.2. The van der Waals surface area contributed by atoms with Crippen LogP contribution in [0.4, 0.5) is 5.69 Å². The van der Waals surface area contributed by atoms with Crippen LogP contribution in [-0.4, -0.2) is 29.5 Å². The third-order valence-electron chi connectivity index (χ3n) is 4.55. The van der Waals surface area contributed by atoms with E-state index in [1.807, 2.05) is 41.8 Å². The van der Waals surface area contributed by atoms with Gasteiger partial charge in [-0.2, -0.15) is 0 Å². The van der Waals surface area contributed by atoms with E-state index in [0.717, 1.165) is 54.2 Å². The molecule has 0 radical (unpaired) electrons. The van der Waals surface area contributed by atoms with Crippen molar-refractivity contribution in [1.29, 1.82) is 0 Å². The van der Waals surface area contributed by atoms with Crippen LogP contribution in [0.5, 0.6) is 0 Å². The number of fused-ring (bicyclic) bond motifs is 1. The van der Waals surface area contributed by atoms with Gasteiger partial charge in [-0.3, -0.25) is 9.88 Å². The lowest BCUT2D eigenvalue weighted by Gasteiger charge is -2.21. The molecule has 0 saturated heterocycles. The van der Waals surface area contributed by atoms with Crippen LogP contribution in [0.25, 0.3) is 10.9 Å². The van der Waals surface area contributed by atoms with Crippen molar-refractivity contribution in [3.63, 3.8) is 0 Å². The number of aryl methyl sites for hydroxylation is 1. The minimum Gasteiger partial charge on any atom is -0.384 e. The summed E-state index contributed by atoms with van der Waals surface area (Å²) in [6, 6.07) is 10.1. The van der Waals surface area contributed by atoms with Gasteiger partial charge in [-0.1, -0.05) is 18.5 Å². The predicted octanol–water partition coefficient (Wildman–Crippen LogP) is 5.97. The highest BCUT2D eigenvalue weighted by Crippen LogP contribution is 2.24. The quantitative estimate of drug-likeness (QED) is 0.458. The Hall–Kier alpha value is -1.62. The van der Waals surface area contributed by atoms with Gasteiger partial charge in [0.15, 0.2) is 0 Å². The summed E-state index contributed by atoms with van der Waals surface area (Å²) in [7, 11) is 0. The zero-order valence-corrected chi connectivity index (χ0v) is 17.0. The summed E-state index contributed by atoms with van der Waals surface area (Å²) in [5.41, 5.74) is 3.47. The van der Waals surface area contributed by atoms with Crippen molar-refractivity contribution < 1.29 is 0 Å².